The third kappa shape index (κ3) is 1.86. The molecule has 2 aliphatic rings. The average molecular weight is 220 g/mol. The van der Waals surface area contributed by atoms with E-state index in [0.717, 1.165) is 12.3 Å². The summed E-state index contributed by atoms with van der Waals surface area (Å²) in [5.74, 6) is 1.77. The lowest BCUT2D eigenvalue weighted by atomic mass is 9.67. The number of hydrogen-bond donors (Lipinski definition) is 1. The number of aliphatic hydroxyl groups is 1. The summed E-state index contributed by atoms with van der Waals surface area (Å²) in [7, 11) is 0. The Kier molecular flexibility index (Phi) is 3.00. The second-order valence-corrected chi connectivity index (χ2v) is 6.20. The first-order valence-corrected chi connectivity index (χ1v) is 6.46. The minimum absolute atomic E-state index is 0.227. The fourth-order valence-electron chi connectivity index (χ4n) is 3.26. The molecule has 0 bridgehead atoms. The van der Waals surface area contributed by atoms with Crippen LogP contribution in [0.5, 0.6) is 0 Å². The Bertz CT molecular complexity index is 324. The van der Waals surface area contributed by atoms with Crippen LogP contribution < -0.4 is 0 Å². The van der Waals surface area contributed by atoms with E-state index in [1.807, 2.05) is 6.08 Å². The van der Waals surface area contributed by atoms with Crippen molar-refractivity contribution in [3.8, 4) is 0 Å². The van der Waals surface area contributed by atoms with Crippen LogP contribution in [0.15, 0.2) is 23.8 Å². The van der Waals surface area contributed by atoms with Gasteiger partial charge in [0, 0.05) is 0 Å². The number of hydrogen-bond acceptors (Lipinski definition) is 1. The van der Waals surface area contributed by atoms with E-state index in [9.17, 15) is 5.11 Å². The van der Waals surface area contributed by atoms with Crippen LogP contribution in [0.3, 0.4) is 0 Å². The maximum Gasteiger partial charge on any atom is 0.0746 e. The van der Waals surface area contributed by atoms with Gasteiger partial charge in [-0.2, -0.15) is 0 Å². The van der Waals surface area contributed by atoms with Crippen molar-refractivity contribution in [1.29, 1.82) is 0 Å². The molecule has 0 saturated heterocycles. The van der Waals surface area contributed by atoms with Gasteiger partial charge in [-0.05, 0) is 42.9 Å². The fourth-order valence-corrected chi connectivity index (χ4v) is 3.26. The van der Waals surface area contributed by atoms with Gasteiger partial charge in [-0.1, -0.05) is 44.6 Å². The van der Waals surface area contributed by atoms with Crippen LogP contribution in [-0.2, 0) is 0 Å². The number of rotatable bonds is 1. The van der Waals surface area contributed by atoms with Crippen LogP contribution >= 0.6 is 0 Å². The maximum absolute atomic E-state index is 9.72. The molecule has 0 radical (unpaired) electrons. The second-order valence-electron chi connectivity index (χ2n) is 6.20. The van der Waals surface area contributed by atoms with E-state index in [-0.39, 0.29) is 6.10 Å². The summed E-state index contributed by atoms with van der Waals surface area (Å²) in [5, 5.41) is 9.72. The lowest BCUT2D eigenvalue weighted by molar-refractivity contribution is 0.112. The Morgan fingerprint density at radius 2 is 2.00 bits per heavy atom. The second kappa shape index (κ2) is 4.03. The van der Waals surface area contributed by atoms with Crippen LogP contribution in [0.1, 0.15) is 40.5 Å². The Morgan fingerprint density at radius 3 is 2.50 bits per heavy atom. The van der Waals surface area contributed by atoms with E-state index in [1.165, 1.54) is 12.0 Å². The van der Waals surface area contributed by atoms with Gasteiger partial charge in [-0.15, -0.1) is 0 Å². The monoisotopic (exact) mass is 220 g/mol. The van der Waals surface area contributed by atoms with Gasteiger partial charge in [0.05, 0.1) is 6.10 Å². The van der Waals surface area contributed by atoms with E-state index in [1.54, 1.807) is 0 Å². The summed E-state index contributed by atoms with van der Waals surface area (Å²) in [6.45, 7) is 9.13. The van der Waals surface area contributed by atoms with Crippen molar-refractivity contribution in [2.75, 3.05) is 0 Å². The van der Waals surface area contributed by atoms with Gasteiger partial charge in [-0.3, -0.25) is 0 Å². The molecule has 90 valence electrons. The highest BCUT2D eigenvalue weighted by atomic mass is 16.3. The standard InChI is InChI=1S/C15H24O/c1-10-9-12(6-8-14(10)16)13-7-5-11(2)15(13,3)4/h5-6,8,10,12-14,16H,7,9H2,1-4H3/t10-,12+,13-,14+/m1/s1. The molecule has 0 amide bonds. The van der Waals surface area contributed by atoms with Crippen molar-refractivity contribution in [3.63, 3.8) is 0 Å². The molecule has 0 heterocycles. The van der Waals surface area contributed by atoms with Crippen LogP contribution in [0.4, 0.5) is 0 Å². The molecule has 16 heavy (non-hydrogen) atoms. The Hall–Kier alpha value is -0.560. The van der Waals surface area contributed by atoms with Crippen LogP contribution in [0.2, 0.25) is 0 Å². The SMILES string of the molecule is CC1=CC[C@H]([C@H]2C=C[C@H](O)[C@H](C)C2)C1(C)C. The highest BCUT2D eigenvalue weighted by Gasteiger charge is 2.40. The summed E-state index contributed by atoms with van der Waals surface area (Å²) in [6.07, 6.45) is 8.76. The summed E-state index contributed by atoms with van der Waals surface area (Å²) >= 11 is 0. The van der Waals surface area contributed by atoms with Gasteiger partial charge in [0.15, 0.2) is 0 Å². The minimum atomic E-state index is -0.227. The molecule has 0 saturated carbocycles. The Labute approximate surface area is 99.3 Å². The topological polar surface area (TPSA) is 20.2 Å². The van der Waals surface area contributed by atoms with Gasteiger partial charge >= 0.3 is 0 Å². The predicted molar refractivity (Wildman–Crippen MR) is 68.1 cm³/mol. The van der Waals surface area contributed by atoms with Gasteiger partial charge in [0.2, 0.25) is 0 Å². The third-order valence-corrected chi connectivity index (χ3v) is 4.92. The van der Waals surface area contributed by atoms with Crippen molar-refractivity contribution in [3.05, 3.63) is 23.8 Å². The zero-order chi connectivity index (χ0) is 11.9. The maximum atomic E-state index is 9.72. The quantitative estimate of drug-likeness (QED) is 0.670. The average Bonchev–Trinajstić information content (AvgIpc) is 2.47. The van der Waals surface area contributed by atoms with Crippen LogP contribution in [-0.4, -0.2) is 11.2 Å². The lowest BCUT2D eigenvalue weighted by Crippen LogP contribution is -2.32. The van der Waals surface area contributed by atoms with Gasteiger partial charge in [0.25, 0.3) is 0 Å². The molecule has 2 aliphatic carbocycles. The van der Waals surface area contributed by atoms with E-state index in [4.69, 9.17) is 0 Å². The molecule has 0 aromatic carbocycles. The molecular formula is C15H24O. The molecule has 0 spiro atoms. The molecule has 1 nitrogen and oxygen atoms in total. The Balaban J connectivity index is 2.14. The van der Waals surface area contributed by atoms with Crippen LogP contribution in [0.25, 0.3) is 0 Å². The zero-order valence-electron chi connectivity index (χ0n) is 10.9. The smallest absolute Gasteiger partial charge is 0.0746 e. The van der Waals surface area contributed by atoms with E-state index >= 15 is 0 Å². The summed E-state index contributed by atoms with van der Waals surface area (Å²) in [4.78, 5) is 0. The van der Waals surface area contributed by atoms with E-state index < -0.39 is 0 Å². The van der Waals surface area contributed by atoms with Crippen molar-refractivity contribution in [2.24, 2.45) is 23.2 Å². The fraction of sp³-hybridized carbons (Fsp3) is 0.733. The molecule has 0 fully saturated rings. The third-order valence-electron chi connectivity index (χ3n) is 4.92. The molecule has 1 N–H and O–H groups in total. The molecule has 0 aromatic rings. The highest BCUT2D eigenvalue weighted by molar-refractivity contribution is 5.21. The largest absolute Gasteiger partial charge is 0.389 e. The summed E-state index contributed by atoms with van der Waals surface area (Å²) in [5.41, 5.74) is 1.86. The molecule has 0 unspecified atom stereocenters. The zero-order valence-corrected chi connectivity index (χ0v) is 10.9. The first-order valence-electron chi connectivity index (χ1n) is 6.46. The normalized spacial score (nSPS) is 42.2. The minimum Gasteiger partial charge on any atom is -0.389 e. The predicted octanol–water partition coefficient (Wildman–Crippen LogP) is 3.55. The molecule has 4 atom stereocenters. The molecule has 0 aliphatic heterocycles. The van der Waals surface area contributed by atoms with E-state index in [2.05, 4.69) is 39.8 Å². The molecule has 1 heteroatoms. The summed E-state index contributed by atoms with van der Waals surface area (Å²) < 4.78 is 0. The number of aliphatic hydroxyl groups excluding tert-OH is 1. The van der Waals surface area contributed by atoms with Gasteiger partial charge in [0.1, 0.15) is 0 Å². The first-order chi connectivity index (χ1) is 7.43. The van der Waals surface area contributed by atoms with Crippen molar-refractivity contribution in [2.45, 2.75) is 46.6 Å². The molecular weight excluding hydrogens is 196 g/mol. The molecule has 0 aromatic heterocycles. The summed E-state index contributed by atoms with van der Waals surface area (Å²) in [6, 6.07) is 0. The van der Waals surface area contributed by atoms with Crippen molar-refractivity contribution in [1.82, 2.24) is 0 Å². The molecule has 2 rings (SSSR count). The van der Waals surface area contributed by atoms with Crippen molar-refractivity contribution >= 4 is 0 Å². The highest BCUT2D eigenvalue weighted by Crippen LogP contribution is 2.49. The van der Waals surface area contributed by atoms with Gasteiger partial charge < -0.3 is 5.11 Å². The van der Waals surface area contributed by atoms with Crippen LogP contribution in [0, 0.1) is 23.2 Å². The van der Waals surface area contributed by atoms with Gasteiger partial charge in [-0.25, -0.2) is 0 Å². The lowest BCUT2D eigenvalue weighted by Gasteiger charge is -2.38. The Morgan fingerprint density at radius 1 is 1.31 bits per heavy atom. The van der Waals surface area contributed by atoms with Crippen molar-refractivity contribution < 1.29 is 5.11 Å². The first kappa shape index (κ1) is 11.9. The van der Waals surface area contributed by atoms with E-state index in [0.29, 0.717) is 17.3 Å². The number of allylic oxidation sites excluding steroid dienone is 3.